The smallest absolute Gasteiger partial charge is 0.242 e. The van der Waals surface area contributed by atoms with Gasteiger partial charge in [0.05, 0.1) is 6.04 Å². The van der Waals surface area contributed by atoms with Crippen LogP contribution < -0.4 is 11.1 Å². The number of benzene rings is 1. The van der Waals surface area contributed by atoms with Crippen LogP contribution in [0.5, 0.6) is 0 Å². The Labute approximate surface area is 104 Å². The number of hydrogen-bond acceptors (Lipinski definition) is 2. The van der Waals surface area contributed by atoms with Crippen LogP contribution >= 0.6 is 15.9 Å². The Morgan fingerprint density at radius 1 is 1.69 bits per heavy atom. The maximum absolute atomic E-state index is 11.6. The predicted octanol–water partition coefficient (Wildman–Crippen LogP) is 2.05. The molecule has 3 N–H and O–H groups in total. The van der Waals surface area contributed by atoms with E-state index in [0.29, 0.717) is 0 Å². The van der Waals surface area contributed by atoms with Gasteiger partial charge < -0.3 is 11.1 Å². The van der Waals surface area contributed by atoms with Crippen molar-refractivity contribution in [2.45, 2.75) is 19.4 Å². The van der Waals surface area contributed by atoms with Gasteiger partial charge in [-0.3, -0.25) is 4.79 Å². The maximum Gasteiger partial charge on any atom is 0.242 e. The van der Waals surface area contributed by atoms with Crippen molar-refractivity contribution in [1.29, 1.82) is 0 Å². The van der Waals surface area contributed by atoms with Gasteiger partial charge in [-0.25, -0.2) is 0 Å². The number of hydrogen-bond donors (Lipinski definition) is 2. The number of rotatable bonds is 3. The number of carbonyl (C=O) groups excluding carboxylic acids is 1. The highest BCUT2D eigenvalue weighted by Crippen LogP contribution is 2.20. The molecule has 0 aliphatic rings. The maximum atomic E-state index is 11.6. The monoisotopic (exact) mass is 280 g/mol. The van der Waals surface area contributed by atoms with E-state index in [0.717, 1.165) is 15.7 Å². The second kappa shape index (κ2) is 5.69. The van der Waals surface area contributed by atoms with Crippen molar-refractivity contribution in [2.24, 2.45) is 5.73 Å². The van der Waals surface area contributed by atoms with Crippen LogP contribution in [-0.4, -0.2) is 11.9 Å². The Bertz CT molecular complexity index is 437. The van der Waals surface area contributed by atoms with Crippen LogP contribution in [0.15, 0.2) is 22.7 Å². The second-order valence-electron chi connectivity index (χ2n) is 3.47. The minimum absolute atomic E-state index is 0.237. The lowest BCUT2D eigenvalue weighted by atomic mass is 10.2. The quantitative estimate of drug-likeness (QED) is 0.833. The number of terminal acetylenes is 1. The van der Waals surface area contributed by atoms with Gasteiger partial charge in [-0.05, 0) is 30.7 Å². The summed E-state index contributed by atoms with van der Waals surface area (Å²) in [7, 11) is 0. The molecule has 1 rings (SSSR count). The molecule has 0 bridgehead atoms. The van der Waals surface area contributed by atoms with E-state index in [1.807, 2.05) is 19.1 Å². The summed E-state index contributed by atoms with van der Waals surface area (Å²) in [5, 5.41) is 2.71. The molecule has 4 heteroatoms. The summed E-state index contributed by atoms with van der Waals surface area (Å²) in [4.78, 5) is 11.6. The zero-order valence-electron chi connectivity index (χ0n) is 8.96. The molecule has 0 heterocycles. The molecule has 1 amide bonds. The van der Waals surface area contributed by atoms with Crippen LogP contribution in [0.25, 0.3) is 0 Å². The molecule has 0 saturated carbocycles. The molecule has 0 saturated heterocycles. The fourth-order valence-electron chi connectivity index (χ4n) is 1.18. The molecule has 1 aromatic carbocycles. The number of halogens is 1. The van der Waals surface area contributed by atoms with Gasteiger partial charge in [0.1, 0.15) is 0 Å². The molecule has 84 valence electrons. The Hall–Kier alpha value is -1.31. The minimum atomic E-state index is -0.658. The fraction of sp³-hybridized carbons (Fsp3) is 0.250. The summed E-state index contributed by atoms with van der Waals surface area (Å²) in [6.07, 6.45) is 5.33. The van der Waals surface area contributed by atoms with E-state index in [-0.39, 0.29) is 12.3 Å². The van der Waals surface area contributed by atoms with Crippen LogP contribution in [0.2, 0.25) is 0 Å². The van der Waals surface area contributed by atoms with E-state index in [4.69, 9.17) is 12.2 Å². The van der Waals surface area contributed by atoms with E-state index >= 15 is 0 Å². The SMILES string of the molecule is C#CCC(N)C(=O)Nc1ccc(Br)c(C)c1. The Kier molecular flexibility index (Phi) is 4.53. The molecular weight excluding hydrogens is 268 g/mol. The Morgan fingerprint density at radius 2 is 2.38 bits per heavy atom. The van der Waals surface area contributed by atoms with Gasteiger partial charge in [0, 0.05) is 16.6 Å². The number of anilines is 1. The molecule has 1 aromatic rings. The third-order valence-corrected chi connectivity index (χ3v) is 2.99. The van der Waals surface area contributed by atoms with Crippen molar-refractivity contribution in [3.8, 4) is 12.3 Å². The van der Waals surface area contributed by atoms with Gasteiger partial charge in [-0.1, -0.05) is 15.9 Å². The molecule has 0 aromatic heterocycles. The lowest BCUT2D eigenvalue weighted by Crippen LogP contribution is -2.35. The summed E-state index contributed by atoms with van der Waals surface area (Å²) in [5.74, 6) is 2.10. The zero-order valence-corrected chi connectivity index (χ0v) is 10.5. The average molecular weight is 281 g/mol. The Balaban J connectivity index is 2.70. The van der Waals surface area contributed by atoms with Crippen molar-refractivity contribution in [2.75, 3.05) is 5.32 Å². The first-order valence-corrected chi connectivity index (χ1v) is 5.60. The lowest BCUT2D eigenvalue weighted by molar-refractivity contribution is -0.117. The van der Waals surface area contributed by atoms with Gasteiger partial charge in [-0.15, -0.1) is 12.3 Å². The predicted molar refractivity (Wildman–Crippen MR) is 68.9 cm³/mol. The number of amides is 1. The van der Waals surface area contributed by atoms with Gasteiger partial charge in [0.2, 0.25) is 5.91 Å². The molecule has 0 spiro atoms. The van der Waals surface area contributed by atoms with Crippen molar-refractivity contribution in [3.63, 3.8) is 0 Å². The van der Waals surface area contributed by atoms with Crippen molar-refractivity contribution < 1.29 is 4.79 Å². The first-order valence-electron chi connectivity index (χ1n) is 4.80. The first kappa shape index (κ1) is 12.8. The zero-order chi connectivity index (χ0) is 12.1. The highest BCUT2D eigenvalue weighted by Gasteiger charge is 2.12. The van der Waals surface area contributed by atoms with Crippen LogP contribution in [0.1, 0.15) is 12.0 Å². The van der Waals surface area contributed by atoms with Crippen molar-refractivity contribution >= 4 is 27.5 Å². The van der Waals surface area contributed by atoms with E-state index in [2.05, 4.69) is 27.2 Å². The molecule has 0 fully saturated rings. The highest BCUT2D eigenvalue weighted by molar-refractivity contribution is 9.10. The summed E-state index contributed by atoms with van der Waals surface area (Å²) < 4.78 is 0.999. The topological polar surface area (TPSA) is 55.1 Å². The summed E-state index contributed by atoms with van der Waals surface area (Å²) in [6, 6.07) is 4.88. The fourth-order valence-corrected chi connectivity index (χ4v) is 1.42. The summed E-state index contributed by atoms with van der Waals surface area (Å²) in [6.45, 7) is 1.95. The highest BCUT2D eigenvalue weighted by atomic mass is 79.9. The normalized spacial score (nSPS) is 11.6. The average Bonchev–Trinajstić information content (AvgIpc) is 2.24. The summed E-state index contributed by atoms with van der Waals surface area (Å²) in [5.41, 5.74) is 7.34. The van der Waals surface area contributed by atoms with Crippen molar-refractivity contribution in [1.82, 2.24) is 0 Å². The van der Waals surface area contributed by atoms with Gasteiger partial charge >= 0.3 is 0 Å². The Morgan fingerprint density at radius 3 is 2.94 bits per heavy atom. The van der Waals surface area contributed by atoms with E-state index in [1.165, 1.54) is 0 Å². The second-order valence-corrected chi connectivity index (χ2v) is 4.32. The molecule has 3 nitrogen and oxygen atoms in total. The standard InChI is InChI=1S/C12H13BrN2O/c1-3-4-11(14)12(16)15-9-5-6-10(13)8(2)7-9/h1,5-7,11H,4,14H2,2H3,(H,15,16). The molecule has 0 radical (unpaired) electrons. The summed E-state index contributed by atoms with van der Waals surface area (Å²) >= 11 is 3.39. The third-order valence-electron chi connectivity index (χ3n) is 2.10. The van der Waals surface area contributed by atoms with Gasteiger partial charge in [0.25, 0.3) is 0 Å². The number of aryl methyl sites for hydroxylation is 1. The molecule has 16 heavy (non-hydrogen) atoms. The molecule has 0 aliphatic heterocycles. The molecule has 0 aliphatic carbocycles. The van der Waals surface area contributed by atoms with E-state index in [1.54, 1.807) is 6.07 Å². The largest absolute Gasteiger partial charge is 0.325 e. The van der Waals surface area contributed by atoms with E-state index < -0.39 is 6.04 Å². The molecule has 1 atom stereocenters. The van der Waals surface area contributed by atoms with Crippen LogP contribution in [0.4, 0.5) is 5.69 Å². The van der Waals surface area contributed by atoms with E-state index in [9.17, 15) is 4.79 Å². The number of nitrogens with two attached hydrogens (primary N) is 1. The van der Waals surface area contributed by atoms with Crippen LogP contribution in [0.3, 0.4) is 0 Å². The number of nitrogens with one attached hydrogen (secondary N) is 1. The minimum Gasteiger partial charge on any atom is -0.325 e. The third kappa shape index (κ3) is 3.37. The number of carbonyl (C=O) groups is 1. The first-order chi connectivity index (χ1) is 7.54. The van der Waals surface area contributed by atoms with Crippen molar-refractivity contribution in [3.05, 3.63) is 28.2 Å². The van der Waals surface area contributed by atoms with Gasteiger partial charge in [-0.2, -0.15) is 0 Å². The lowest BCUT2D eigenvalue weighted by Gasteiger charge is -2.10. The van der Waals surface area contributed by atoms with Crippen LogP contribution in [-0.2, 0) is 4.79 Å². The molecule has 1 unspecified atom stereocenters. The van der Waals surface area contributed by atoms with Gasteiger partial charge in [0.15, 0.2) is 0 Å². The van der Waals surface area contributed by atoms with Crippen LogP contribution in [0, 0.1) is 19.3 Å². The molecular formula is C12H13BrN2O.